The number of nitrogens with one attached hydrogen (secondary N) is 1. The molecular formula is C25H24N4O6. The van der Waals surface area contributed by atoms with E-state index in [2.05, 4.69) is 15.3 Å². The number of carbonyl (C=O) groups excluding carboxylic acids is 2. The number of rotatable bonds is 6. The first-order chi connectivity index (χ1) is 17.1. The second kappa shape index (κ2) is 9.49. The highest BCUT2D eigenvalue weighted by atomic mass is 16.6. The van der Waals surface area contributed by atoms with Crippen molar-refractivity contribution in [1.82, 2.24) is 15.3 Å². The van der Waals surface area contributed by atoms with Gasteiger partial charge in [0, 0.05) is 42.9 Å². The monoisotopic (exact) mass is 476 g/mol. The van der Waals surface area contributed by atoms with Crippen LogP contribution >= 0.6 is 0 Å². The highest BCUT2D eigenvalue weighted by Crippen LogP contribution is 2.36. The number of hydrogen-bond donors (Lipinski definition) is 1. The topological polar surface area (TPSA) is 112 Å². The average Bonchev–Trinajstić information content (AvgIpc) is 3.27. The molecule has 180 valence electrons. The Hall–Kier alpha value is -4.34. The van der Waals surface area contributed by atoms with Crippen molar-refractivity contribution in [2.75, 3.05) is 38.8 Å². The highest BCUT2D eigenvalue weighted by molar-refractivity contribution is 6.00. The number of pyridine rings is 2. The van der Waals surface area contributed by atoms with Crippen molar-refractivity contribution in [1.29, 1.82) is 0 Å². The van der Waals surface area contributed by atoms with E-state index in [4.69, 9.17) is 18.9 Å². The molecule has 5 rings (SSSR count). The summed E-state index contributed by atoms with van der Waals surface area (Å²) in [5, 5.41) is 2.67. The minimum absolute atomic E-state index is 0.222. The maximum Gasteiger partial charge on any atom is 0.414 e. The Bertz CT molecular complexity index is 1320. The number of methoxy groups -OCH3 is 1. The Labute approximate surface area is 201 Å². The van der Waals surface area contributed by atoms with Crippen LogP contribution in [-0.2, 0) is 9.53 Å². The number of cyclic esters (lactones) is 1. The molecular weight excluding hydrogens is 452 g/mol. The lowest BCUT2D eigenvalue weighted by molar-refractivity contribution is -0.117. The third kappa shape index (κ3) is 4.54. The zero-order valence-electron chi connectivity index (χ0n) is 19.3. The number of aromatic nitrogens is 2. The van der Waals surface area contributed by atoms with Crippen LogP contribution in [-0.4, -0.2) is 62.0 Å². The van der Waals surface area contributed by atoms with Crippen LogP contribution < -0.4 is 24.4 Å². The van der Waals surface area contributed by atoms with Crippen LogP contribution in [0.1, 0.15) is 12.0 Å². The lowest BCUT2D eigenvalue weighted by Crippen LogP contribution is -2.26. The molecule has 2 amide bonds. The zero-order valence-corrected chi connectivity index (χ0v) is 19.3. The summed E-state index contributed by atoms with van der Waals surface area (Å²) >= 11 is 0. The summed E-state index contributed by atoms with van der Waals surface area (Å²) in [4.78, 5) is 35.7. The van der Waals surface area contributed by atoms with Crippen LogP contribution in [0.3, 0.4) is 0 Å². The van der Waals surface area contributed by atoms with E-state index in [1.54, 1.807) is 49.7 Å². The van der Waals surface area contributed by atoms with E-state index in [-0.39, 0.29) is 18.9 Å². The molecule has 35 heavy (non-hydrogen) atoms. The van der Waals surface area contributed by atoms with E-state index in [1.165, 1.54) is 12.0 Å². The van der Waals surface area contributed by atoms with Crippen molar-refractivity contribution >= 4 is 34.8 Å². The summed E-state index contributed by atoms with van der Waals surface area (Å²) in [6.07, 6.45) is 2.62. The van der Waals surface area contributed by atoms with Crippen LogP contribution in [0.25, 0.3) is 17.1 Å². The third-order valence-electron chi connectivity index (χ3n) is 5.81. The normalized spacial score (nSPS) is 17.3. The number of ether oxygens (including phenoxy) is 4. The van der Waals surface area contributed by atoms with Gasteiger partial charge in [0.2, 0.25) is 11.8 Å². The number of benzene rings is 1. The molecule has 2 aliphatic rings. The number of anilines is 1. The Morgan fingerprint density at radius 3 is 2.83 bits per heavy atom. The van der Waals surface area contributed by atoms with Crippen molar-refractivity contribution in [3.63, 3.8) is 0 Å². The summed E-state index contributed by atoms with van der Waals surface area (Å²) in [6.45, 7) is 1.23. The highest BCUT2D eigenvalue weighted by Gasteiger charge is 2.34. The molecule has 10 nitrogen and oxygen atoms in total. The molecule has 1 aromatic carbocycles. The molecule has 1 atom stereocenters. The van der Waals surface area contributed by atoms with Crippen LogP contribution in [0, 0.1) is 0 Å². The first-order valence-electron chi connectivity index (χ1n) is 11.2. The van der Waals surface area contributed by atoms with Crippen molar-refractivity contribution in [3.8, 4) is 17.4 Å². The molecule has 0 aliphatic carbocycles. The molecule has 0 radical (unpaired) electrons. The molecule has 0 unspecified atom stereocenters. The van der Waals surface area contributed by atoms with E-state index in [0.29, 0.717) is 58.5 Å². The summed E-state index contributed by atoms with van der Waals surface area (Å²) in [6, 6.07) is 10.6. The summed E-state index contributed by atoms with van der Waals surface area (Å²) in [5.41, 5.74) is 3.08. The summed E-state index contributed by atoms with van der Waals surface area (Å²) in [5.74, 6) is 1.40. The fourth-order valence-corrected chi connectivity index (χ4v) is 4.11. The van der Waals surface area contributed by atoms with Crippen LogP contribution in [0.5, 0.6) is 17.4 Å². The van der Waals surface area contributed by atoms with Crippen molar-refractivity contribution in [2.45, 2.75) is 12.5 Å². The minimum atomic E-state index is -0.519. The summed E-state index contributed by atoms with van der Waals surface area (Å²) in [7, 11) is 3.10. The number of hydrogen-bond acceptors (Lipinski definition) is 8. The maximum atomic E-state index is 12.7. The van der Waals surface area contributed by atoms with Gasteiger partial charge < -0.3 is 24.3 Å². The predicted octanol–water partition coefficient (Wildman–Crippen LogP) is 2.95. The predicted molar refractivity (Wildman–Crippen MR) is 128 cm³/mol. The molecule has 0 saturated carbocycles. The first-order valence-corrected chi connectivity index (χ1v) is 11.2. The average molecular weight is 476 g/mol. The Morgan fingerprint density at radius 2 is 2.03 bits per heavy atom. The first kappa shape index (κ1) is 22.5. The molecule has 4 heterocycles. The summed E-state index contributed by atoms with van der Waals surface area (Å²) < 4.78 is 22.0. The van der Waals surface area contributed by atoms with Gasteiger partial charge in [0.15, 0.2) is 11.5 Å². The smallest absolute Gasteiger partial charge is 0.414 e. The van der Waals surface area contributed by atoms with E-state index in [9.17, 15) is 9.59 Å². The molecule has 1 fully saturated rings. The molecule has 10 heteroatoms. The van der Waals surface area contributed by atoms with Crippen LogP contribution in [0.4, 0.5) is 10.5 Å². The van der Waals surface area contributed by atoms with Gasteiger partial charge in [0.25, 0.3) is 0 Å². The van der Waals surface area contributed by atoms with E-state index < -0.39 is 12.2 Å². The Balaban J connectivity index is 1.40. The molecule has 1 N–H and O–H groups in total. The number of carbonyl (C=O) groups is 2. The quantitative estimate of drug-likeness (QED) is 0.541. The number of fused-ring (bicyclic) bond motifs is 2. The van der Waals surface area contributed by atoms with Gasteiger partial charge >= 0.3 is 6.09 Å². The van der Waals surface area contributed by atoms with Crippen molar-refractivity contribution in [2.24, 2.45) is 0 Å². The van der Waals surface area contributed by atoms with Gasteiger partial charge in [0.1, 0.15) is 19.3 Å². The lowest BCUT2D eigenvalue weighted by Gasteiger charge is -2.21. The maximum absolute atomic E-state index is 12.7. The van der Waals surface area contributed by atoms with Crippen molar-refractivity contribution < 1.29 is 28.5 Å². The van der Waals surface area contributed by atoms with Gasteiger partial charge in [-0.3, -0.25) is 14.7 Å². The SMILES string of the molecule is CNC(=O)C(=Cc1ccnc2ccc(OC)nc12)C[C@H]1CN(c2ccc3c(c2)OCCO3)C(=O)O1. The van der Waals surface area contributed by atoms with Crippen LogP contribution in [0.2, 0.25) is 0 Å². The van der Waals surface area contributed by atoms with Crippen molar-refractivity contribution in [3.05, 3.63) is 53.7 Å². The fraction of sp³-hybridized carbons (Fsp3) is 0.280. The zero-order chi connectivity index (χ0) is 24.4. The van der Waals surface area contributed by atoms with Gasteiger partial charge in [-0.25, -0.2) is 9.78 Å². The lowest BCUT2D eigenvalue weighted by atomic mass is 10.0. The van der Waals surface area contributed by atoms with Crippen LogP contribution in [0.15, 0.2) is 48.2 Å². The van der Waals surface area contributed by atoms with Gasteiger partial charge in [-0.15, -0.1) is 0 Å². The third-order valence-corrected chi connectivity index (χ3v) is 5.81. The second-order valence-corrected chi connectivity index (χ2v) is 8.02. The number of likely N-dealkylation sites (N-methyl/N-ethyl adjacent to an activating group) is 1. The second-order valence-electron chi connectivity index (χ2n) is 8.02. The molecule has 2 aromatic heterocycles. The van der Waals surface area contributed by atoms with Gasteiger partial charge in [-0.2, -0.15) is 0 Å². The molecule has 1 saturated heterocycles. The Morgan fingerprint density at radius 1 is 1.20 bits per heavy atom. The number of nitrogens with zero attached hydrogens (tertiary/aromatic N) is 3. The van der Waals surface area contributed by atoms with Gasteiger partial charge in [-0.05, 0) is 30.3 Å². The standard InChI is InChI=1S/C25H24N4O6/c1-26-24(30)16(11-15-7-8-27-19-4-6-22(32-2)28-23(15)19)12-18-14-29(25(31)35-18)17-3-5-20-21(13-17)34-10-9-33-20/h3-8,11,13,18H,9-10,12,14H2,1-2H3,(H,26,30)/t18-/m0/s1. The number of amides is 2. The van der Waals surface area contributed by atoms with E-state index >= 15 is 0 Å². The Kier molecular flexibility index (Phi) is 6.09. The van der Waals surface area contributed by atoms with Gasteiger partial charge in [0.05, 0.1) is 30.4 Å². The minimum Gasteiger partial charge on any atom is -0.486 e. The molecule has 0 spiro atoms. The van der Waals surface area contributed by atoms with E-state index in [1.807, 2.05) is 6.07 Å². The van der Waals surface area contributed by atoms with E-state index in [0.717, 1.165) is 0 Å². The molecule has 3 aromatic rings. The van der Waals surface area contributed by atoms with Gasteiger partial charge in [-0.1, -0.05) is 0 Å². The molecule has 0 bridgehead atoms. The largest absolute Gasteiger partial charge is 0.486 e. The fourth-order valence-electron chi connectivity index (χ4n) is 4.11. The molecule has 2 aliphatic heterocycles.